The monoisotopic (exact) mass is 413 g/mol. The average Bonchev–Trinajstić information content (AvgIpc) is 3.31. The molecule has 2 aliphatic heterocycles. The van der Waals surface area contributed by atoms with E-state index in [9.17, 15) is 4.79 Å². The maximum Gasteiger partial charge on any atom is 0.245 e. The number of amides is 1. The Morgan fingerprint density at radius 1 is 0.897 bits per heavy atom. The Bertz CT molecular complexity index is 445. The standard InChI is InChI=1S/C23H43NO5/c1-3-4-5-7-15-27-16-8-6-10-19-20(22-13-12-21(19)29-22)14-18-28-17-9-11-23(25)24(2)26/h19-22,26H,3-18H2,1-2H3. The number of hydrogen-bond acceptors (Lipinski definition) is 5. The number of fused-ring (bicyclic) bond motifs is 2. The molecule has 6 nitrogen and oxygen atoms in total. The summed E-state index contributed by atoms with van der Waals surface area (Å²) in [7, 11) is 1.36. The molecule has 0 saturated carbocycles. The quantitative estimate of drug-likeness (QED) is 0.215. The maximum atomic E-state index is 11.3. The van der Waals surface area contributed by atoms with Crippen molar-refractivity contribution in [2.75, 3.05) is 33.5 Å². The smallest absolute Gasteiger partial charge is 0.245 e. The van der Waals surface area contributed by atoms with Crippen molar-refractivity contribution in [1.82, 2.24) is 5.06 Å². The lowest BCUT2D eigenvalue weighted by molar-refractivity contribution is -0.159. The zero-order valence-corrected chi connectivity index (χ0v) is 18.7. The third kappa shape index (κ3) is 8.91. The molecule has 0 aromatic carbocycles. The number of carbonyl (C=O) groups is 1. The number of nitrogens with zero attached hydrogens (tertiary/aromatic N) is 1. The molecule has 1 amide bonds. The van der Waals surface area contributed by atoms with Gasteiger partial charge in [0.05, 0.1) is 12.2 Å². The summed E-state index contributed by atoms with van der Waals surface area (Å²) >= 11 is 0. The summed E-state index contributed by atoms with van der Waals surface area (Å²) in [5.74, 6) is 1.03. The van der Waals surface area contributed by atoms with Crippen LogP contribution in [0.15, 0.2) is 0 Å². The van der Waals surface area contributed by atoms with Gasteiger partial charge in [-0.3, -0.25) is 10.0 Å². The highest BCUT2D eigenvalue weighted by molar-refractivity contribution is 5.74. The SMILES string of the molecule is CCCCCCOCCCCC1C2CCC(O2)C1CCOCCCC(=O)N(C)O. The van der Waals surface area contributed by atoms with Crippen LogP contribution in [0.25, 0.3) is 0 Å². The number of hydrogen-bond donors (Lipinski definition) is 1. The van der Waals surface area contributed by atoms with Crippen molar-refractivity contribution in [3.8, 4) is 0 Å². The average molecular weight is 414 g/mol. The second-order valence-corrected chi connectivity index (χ2v) is 8.71. The van der Waals surface area contributed by atoms with Gasteiger partial charge >= 0.3 is 0 Å². The predicted molar refractivity (Wildman–Crippen MR) is 113 cm³/mol. The first-order valence-electron chi connectivity index (χ1n) is 11.9. The topological polar surface area (TPSA) is 68.2 Å². The fraction of sp³-hybridized carbons (Fsp3) is 0.957. The first kappa shape index (κ1) is 24.6. The number of hydroxylamine groups is 2. The van der Waals surface area contributed by atoms with E-state index in [1.54, 1.807) is 0 Å². The van der Waals surface area contributed by atoms with E-state index in [0.29, 0.717) is 48.6 Å². The molecule has 0 aliphatic carbocycles. The Hall–Kier alpha value is -0.690. The van der Waals surface area contributed by atoms with Crippen LogP contribution in [0, 0.1) is 11.8 Å². The van der Waals surface area contributed by atoms with Gasteiger partial charge in [-0.2, -0.15) is 0 Å². The van der Waals surface area contributed by atoms with Gasteiger partial charge in [0.2, 0.25) is 5.91 Å². The Kier molecular flexibility index (Phi) is 12.2. The number of unbranched alkanes of at least 4 members (excludes halogenated alkanes) is 4. The van der Waals surface area contributed by atoms with Crippen LogP contribution in [0.5, 0.6) is 0 Å². The van der Waals surface area contributed by atoms with Crippen molar-refractivity contribution < 1.29 is 24.2 Å². The molecular formula is C23H43NO5. The van der Waals surface area contributed by atoms with Crippen molar-refractivity contribution in [3.05, 3.63) is 0 Å². The van der Waals surface area contributed by atoms with Gasteiger partial charge in [0.15, 0.2) is 0 Å². The Balaban J connectivity index is 1.53. The van der Waals surface area contributed by atoms with Gasteiger partial charge in [-0.05, 0) is 56.8 Å². The molecule has 6 heteroatoms. The summed E-state index contributed by atoms with van der Waals surface area (Å²) in [5, 5.41) is 9.69. The fourth-order valence-corrected chi connectivity index (χ4v) is 4.80. The van der Waals surface area contributed by atoms with Gasteiger partial charge in [-0.15, -0.1) is 0 Å². The summed E-state index contributed by atoms with van der Waals surface area (Å²) in [6.07, 6.45) is 14.0. The normalized spacial score (nSPS) is 25.6. The van der Waals surface area contributed by atoms with Crippen molar-refractivity contribution >= 4 is 5.91 Å². The minimum Gasteiger partial charge on any atom is -0.381 e. The zero-order chi connectivity index (χ0) is 20.9. The molecule has 2 rings (SSSR count). The van der Waals surface area contributed by atoms with Gasteiger partial charge in [0.25, 0.3) is 0 Å². The molecule has 1 N–H and O–H groups in total. The minimum atomic E-state index is -0.264. The molecule has 2 heterocycles. The van der Waals surface area contributed by atoms with E-state index in [4.69, 9.17) is 19.4 Å². The van der Waals surface area contributed by atoms with Gasteiger partial charge in [0, 0.05) is 39.9 Å². The van der Waals surface area contributed by atoms with Crippen LogP contribution in [-0.2, 0) is 19.0 Å². The van der Waals surface area contributed by atoms with Crippen LogP contribution in [0.2, 0.25) is 0 Å². The molecule has 2 saturated heterocycles. The number of ether oxygens (including phenoxy) is 3. The molecule has 4 unspecified atom stereocenters. The second-order valence-electron chi connectivity index (χ2n) is 8.71. The lowest BCUT2D eigenvalue weighted by atomic mass is 9.75. The Morgan fingerprint density at radius 3 is 2.21 bits per heavy atom. The molecular weight excluding hydrogens is 370 g/mol. The van der Waals surface area contributed by atoms with E-state index in [2.05, 4.69) is 6.92 Å². The lowest BCUT2D eigenvalue weighted by Gasteiger charge is -2.28. The number of carbonyl (C=O) groups excluding carboxylic acids is 1. The third-order valence-electron chi connectivity index (χ3n) is 6.44. The van der Waals surface area contributed by atoms with Crippen LogP contribution < -0.4 is 0 Å². The molecule has 29 heavy (non-hydrogen) atoms. The third-order valence-corrected chi connectivity index (χ3v) is 6.44. The van der Waals surface area contributed by atoms with E-state index in [1.165, 1.54) is 58.4 Å². The second kappa shape index (κ2) is 14.3. The van der Waals surface area contributed by atoms with E-state index < -0.39 is 0 Å². The van der Waals surface area contributed by atoms with Crippen LogP contribution >= 0.6 is 0 Å². The van der Waals surface area contributed by atoms with Gasteiger partial charge in [0.1, 0.15) is 0 Å². The Morgan fingerprint density at radius 2 is 1.52 bits per heavy atom. The maximum absolute atomic E-state index is 11.3. The van der Waals surface area contributed by atoms with Crippen molar-refractivity contribution in [1.29, 1.82) is 0 Å². The van der Waals surface area contributed by atoms with E-state index in [0.717, 1.165) is 32.7 Å². The van der Waals surface area contributed by atoms with Crippen molar-refractivity contribution in [3.63, 3.8) is 0 Å². The highest BCUT2D eigenvalue weighted by atomic mass is 16.5. The summed E-state index contributed by atoms with van der Waals surface area (Å²) in [4.78, 5) is 11.3. The summed E-state index contributed by atoms with van der Waals surface area (Å²) in [6.45, 7) is 5.35. The molecule has 0 radical (unpaired) electrons. The summed E-state index contributed by atoms with van der Waals surface area (Å²) in [6, 6.07) is 0. The largest absolute Gasteiger partial charge is 0.381 e. The molecule has 0 aromatic heterocycles. The van der Waals surface area contributed by atoms with Crippen LogP contribution in [0.4, 0.5) is 0 Å². The van der Waals surface area contributed by atoms with E-state index in [1.807, 2.05) is 0 Å². The molecule has 2 aliphatic rings. The molecule has 2 fully saturated rings. The molecule has 2 bridgehead atoms. The lowest BCUT2D eigenvalue weighted by Crippen LogP contribution is -2.28. The Labute approximate surface area is 177 Å². The van der Waals surface area contributed by atoms with Crippen molar-refractivity contribution in [2.24, 2.45) is 11.8 Å². The molecule has 4 atom stereocenters. The molecule has 0 spiro atoms. The van der Waals surface area contributed by atoms with E-state index in [-0.39, 0.29) is 5.91 Å². The predicted octanol–water partition coefficient (Wildman–Crippen LogP) is 4.58. The van der Waals surface area contributed by atoms with Gasteiger partial charge in [-0.1, -0.05) is 32.6 Å². The number of rotatable bonds is 17. The summed E-state index contributed by atoms with van der Waals surface area (Å²) in [5.41, 5.74) is 0. The van der Waals surface area contributed by atoms with Crippen LogP contribution in [0.3, 0.4) is 0 Å². The zero-order valence-electron chi connectivity index (χ0n) is 18.7. The van der Waals surface area contributed by atoms with Gasteiger partial charge < -0.3 is 14.2 Å². The van der Waals surface area contributed by atoms with Crippen molar-refractivity contribution in [2.45, 2.75) is 96.2 Å². The van der Waals surface area contributed by atoms with Gasteiger partial charge in [-0.25, -0.2) is 5.06 Å². The van der Waals surface area contributed by atoms with Crippen LogP contribution in [0.1, 0.15) is 84.0 Å². The summed E-state index contributed by atoms with van der Waals surface area (Å²) < 4.78 is 17.7. The highest BCUT2D eigenvalue weighted by Crippen LogP contribution is 2.47. The fourth-order valence-electron chi connectivity index (χ4n) is 4.80. The van der Waals surface area contributed by atoms with Crippen LogP contribution in [-0.4, -0.2) is 61.9 Å². The van der Waals surface area contributed by atoms with E-state index >= 15 is 0 Å². The molecule has 170 valence electrons. The minimum absolute atomic E-state index is 0.264. The first-order chi connectivity index (χ1) is 14.1. The molecule has 0 aromatic rings. The highest BCUT2D eigenvalue weighted by Gasteiger charge is 2.47. The first-order valence-corrected chi connectivity index (χ1v) is 11.9.